The third-order valence-electron chi connectivity index (χ3n) is 3.35. The smallest absolute Gasteiger partial charge is 0.196 e. The highest BCUT2D eigenvalue weighted by Crippen LogP contribution is 2.29. The van der Waals surface area contributed by atoms with Gasteiger partial charge in [-0.2, -0.15) is 0 Å². The van der Waals surface area contributed by atoms with Gasteiger partial charge in [-0.25, -0.2) is 4.39 Å². The topological polar surface area (TPSA) is 43.1 Å². The van der Waals surface area contributed by atoms with E-state index in [1.807, 2.05) is 24.3 Å². The predicted molar refractivity (Wildman–Crippen MR) is 85.9 cm³/mol. The van der Waals surface area contributed by atoms with Crippen LogP contribution in [0.25, 0.3) is 10.8 Å². The molecule has 0 aromatic heterocycles. The van der Waals surface area contributed by atoms with Crippen LogP contribution in [-0.4, -0.2) is 5.78 Å². The van der Waals surface area contributed by atoms with Gasteiger partial charge in [0, 0.05) is 15.7 Å². The Balaban J connectivity index is 2.21. The van der Waals surface area contributed by atoms with Crippen LogP contribution in [0.2, 0.25) is 0 Å². The van der Waals surface area contributed by atoms with Crippen LogP contribution in [0.3, 0.4) is 0 Å². The molecule has 0 atom stereocenters. The van der Waals surface area contributed by atoms with Crippen LogP contribution in [0, 0.1) is 5.82 Å². The predicted octanol–water partition coefficient (Wildman–Crippen LogP) is 4.55. The Hall–Kier alpha value is -2.20. The lowest BCUT2D eigenvalue weighted by atomic mass is 9.97. The maximum atomic E-state index is 14.0. The SMILES string of the molecule is Nc1ccc(C(=O)c2ccc(Br)c3ccccc23)c(F)c1. The average Bonchev–Trinajstić information content (AvgIpc) is 2.47. The molecule has 0 saturated carbocycles. The molecule has 0 bridgehead atoms. The van der Waals surface area contributed by atoms with Crippen molar-refractivity contribution in [3.05, 3.63) is 76.0 Å². The zero-order valence-corrected chi connectivity index (χ0v) is 12.5. The molecule has 0 spiro atoms. The highest BCUT2D eigenvalue weighted by molar-refractivity contribution is 9.10. The molecule has 104 valence electrons. The summed E-state index contributed by atoms with van der Waals surface area (Å²) in [5, 5.41) is 1.70. The Morgan fingerprint density at radius 1 is 0.952 bits per heavy atom. The second-order valence-electron chi connectivity index (χ2n) is 4.71. The minimum Gasteiger partial charge on any atom is -0.399 e. The standard InChI is InChI=1S/C17H11BrFNO/c18-15-8-7-13(11-3-1-2-4-12(11)15)17(21)14-6-5-10(20)9-16(14)19/h1-9H,20H2. The molecule has 0 radical (unpaired) electrons. The lowest BCUT2D eigenvalue weighted by Gasteiger charge is -2.08. The summed E-state index contributed by atoms with van der Waals surface area (Å²) in [6, 6.07) is 15.1. The molecule has 0 amide bonds. The molecule has 0 aliphatic carbocycles. The van der Waals surface area contributed by atoms with Gasteiger partial charge in [-0.05, 0) is 41.1 Å². The number of carbonyl (C=O) groups is 1. The first-order chi connectivity index (χ1) is 10.1. The number of carbonyl (C=O) groups excluding carboxylic acids is 1. The van der Waals surface area contributed by atoms with Gasteiger partial charge in [0.15, 0.2) is 5.78 Å². The van der Waals surface area contributed by atoms with E-state index in [9.17, 15) is 9.18 Å². The Morgan fingerprint density at radius 2 is 1.62 bits per heavy atom. The Bertz CT molecular complexity index is 861. The van der Waals surface area contributed by atoms with Crippen molar-refractivity contribution in [1.82, 2.24) is 0 Å². The van der Waals surface area contributed by atoms with E-state index in [0.717, 1.165) is 21.3 Å². The van der Waals surface area contributed by atoms with Gasteiger partial charge in [0.1, 0.15) is 5.82 Å². The number of fused-ring (bicyclic) bond motifs is 1. The summed E-state index contributed by atoms with van der Waals surface area (Å²) < 4.78 is 14.9. The molecule has 2 nitrogen and oxygen atoms in total. The number of anilines is 1. The Labute approximate surface area is 129 Å². The number of rotatable bonds is 2. The fraction of sp³-hybridized carbons (Fsp3) is 0. The number of ketones is 1. The van der Waals surface area contributed by atoms with E-state index in [1.165, 1.54) is 12.1 Å². The maximum absolute atomic E-state index is 14.0. The van der Waals surface area contributed by atoms with Crippen molar-refractivity contribution >= 4 is 38.2 Å². The molecule has 3 rings (SSSR count). The summed E-state index contributed by atoms with van der Waals surface area (Å²) >= 11 is 3.46. The number of benzene rings is 3. The van der Waals surface area contributed by atoms with Crippen LogP contribution in [0.1, 0.15) is 15.9 Å². The largest absolute Gasteiger partial charge is 0.399 e. The summed E-state index contributed by atoms with van der Waals surface area (Å²) in [7, 11) is 0. The molecule has 4 heteroatoms. The van der Waals surface area contributed by atoms with Crippen molar-refractivity contribution in [3.8, 4) is 0 Å². The van der Waals surface area contributed by atoms with E-state index in [-0.39, 0.29) is 11.3 Å². The van der Waals surface area contributed by atoms with Crippen LogP contribution in [-0.2, 0) is 0 Å². The first-order valence-electron chi connectivity index (χ1n) is 6.35. The van der Waals surface area contributed by atoms with Crippen LogP contribution in [0.5, 0.6) is 0 Å². The van der Waals surface area contributed by atoms with E-state index < -0.39 is 5.82 Å². The van der Waals surface area contributed by atoms with E-state index in [4.69, 9.17) is 5.73 Å². The lowest BCUT2D eigenvalue weighted by Crippen LogP contribution is -2.05. The Morgan fingerprint density at radius 3 is 2.33 bits per heavy atom. The Kier molecular flexibility index (Phi) is 3.47. The number of hydrogen-bond acceptors (Lipinski definition) is 2. The maximum Gasteiger partial charge on any atom is 0.196 e. The van der Waals surface area contributed by atoms with Crippen LogP contribution in [0.15, 0.2) is 59.1 Å². The number of nitrogens with two attached hydrogens (primary N) is 1. The lowest BCUT2D eigenvalue weighted by molar-refractivity contribution is 0.103. The first kappa shape index (κ1) is 13.8. The van der Waals surface area contributed by atoms with Gasteiger partial charge in [0.05, 0.1) is 5.56 Å². The normalized spacial score (nSPS) is 10.8. The molecule has 0 heterocycles. The van der Waals surface area contributed by atoms with Crippen molar-refractivity contribution in [2.45, 2.75) is 0 Å². The summed E-state index contributed by atoms with van der Waals surface area (Å²) in [5.41, 5.74) is 6.31. The molecule has 3 aromatic carbocycles. The first-order valence-corrected chi connectivity index (χ1v) is 7.14. The van der Waals surface area contributed by atoms with E-state index in [1.54, 1.807) is 12.1 Å². The molecule has 21 heavy (non-hydrogen) atoms. The number of hydrogen-bond donors (Lipinski definition) is 1. The highest BCUT2D eigenvalue weighted by atomic mass is 79.9. The van der Waals surface area contributed by atoms with Gasteiger partial charge in [0.25, 0.3) is 0 Å². The monoisotopic (exact) mass is 343 g/mol. The quantitative estimate of drug-likeness (QED) is 0.547. The van der Waals surface area contributed by atoms with Gasteiger partial charge in [-0.15, -0.1) is 0 Å². The molecule has 0 unspecified atom stereocenters. The second-order valence-corrected chi connectivity index (χ2v) is 5.56. The third-order valence-corrected chi connectivity index (χ3v) is 4.04. The molecular formula is C17H11BrFNO. The zero-order valence-electron chi connectivity index (χ0n) is 10.9. The average molecular weight is 344 g/mol. The molecule has 0 aliphatic rings. The van der Waals surface area contributed by atoms with Crippen LogP contribution >= 0.6 is 15.9 Å². The molecule has 0 fully saturated rings. The van der Waals surface area contributed by atoms with Gasteiger partial charge < -0.3 is 5.73 Å². The van der Waals surface area contributed by atoms with E-state index in [2.05, 4.69) is 15.9 Å². The summed E-state index contributed by atoms with van der Waals surface area (Å²) in [4.78, 5) is 12.6. The minimum atomic E-state index is -0.605. The van der Waals surface area contributed by atoms with Crippen molar-refractivity contribution in [2.24, 2.45) is 0 Å². The van der Waals surface area contributed by atoms with Crippen LogP contribution < -0.4 is 5.73 Å². The minimum absolute atomic E-state index is 0.0247. The molecule has 0 saturated heterocycles. The number of halogens is 2. The second kappa shape index (κ2) is 5.30. The molecular weight excluding hydrogens is 333 g/mol. The van der Waals surface area contributed by atoms with Gasteiger partial charge in [-0.3, -0.25) is 4.79 Å². The van der Waals surface area contributed by atoms with E-state index in [0.29, 0.717) is 11.3 Å². The van der Waals surface area contributed by atoms with Crippen molar-refractivity contribution in [3.63, 3.8) is 0 Å². The number of nitrogen functional groups attached to an aromatic ring is 1. The van der Waals surface area contributed by atoms with E-state index >= 15 is 0 Å². The van der Waals surface area contributed by atoms with Gasteiger partial charge in [0.2, 0.25) is 0 Å². The molecule has 0 aliphatic heterocycles. The van der Waals surface area contributed by atoms with Crippen LogP contribution in [0.4, 0.5) is 10.1 Å². The van der Waals surface area contributed by atoms with Crippen molar-refractivity contribution in [2.75, 3.05) is 5.73 Å². The summed E-state index contributed by atoms with van der Waals surface area (Å²) in [6.07, 6.45) is 0. The highest BCUT2D eigenvalue weighted by Gasteiger charge is 2.17. The van der Waals surface area contributed by atoms with Gasteiger partial charge in [-0.1, -0.05) is 40.2 Å². The molecule has 3 aromatic rings. The molecule has 2 N–H and O–H groups in total. The van der Waals surface area contributed by atoms with Gasteiger partial charge >= 0.3 is 0 Å². The third kappa shape index (κ3) is 2.43. The summed E-state index contributed by atoms with van der Waals surface area (Å²) in [6.45, 7) is 0. The fourth-order valence-electron chi connectivity index (χ4n) is 2.32. The zero-order chi connectivity index (χ0) is 15.0. The van der Waals surface area contributed by atoms with Crippen molar-refractivity contribution in [1.29, 1.82) is 0 Å². The fourth-order valence-corrected chi connectivity index (χ4v) is 2.80. The summed E-state index contributed by atoms with van der Waals surface area (Å²) in [5.74, 6) is -0.955. The van der Waals surface area contributed by atoms with Crippen molar-refractivity contribution < 1.29 is 9.18 Å².